The van der Waals surface area contributed by atoms with Crippen LogP contribution in [0.15, 0.2) is 22.7 Å². The van der Waals surface area contributed by atoms with E-state index in [1.54, 1.807) is 12.1 Å². The summed E-state index contributed by atoms with van der Waals surface area (Å²) in [5.74, 6) is 0.0474. The maximum absolute atomic E-state index is 13.4. The average Bonchev–Trinajstić information content (AvgIpc) is 3.05. The van der Waals surface area contributed by atoms with Gasteiger partial charge in [-0.05, 0) is 31.0 Å². The van der Waals surface area contributed by atoms with E-state index in [4.69, 9.17) is 16.1 Å². The molecule has 22 heavy (non-hydrogen) atoms. The fraction of sp³-hybridized carbons (Fsp3) is 0.286. The SMILES string of the molecule is FC(F)(F)c1cc(-c2ccc(Cl)s2)nc2onc(C3CC3)c12. The van der Waals surface area contributed by atoms with Crippen LogP contribution in [0.2, 0.25) is 4.34 Å². The maximum atomic E-state index is 13.4. The third-order valence-electron chi connectivity index (χ3n) is 3.57. The largest absolute Gasteiger partial charge is 0.417 e. The molecule has 4 rings (SSSR count). The minimum absolute atomic E-state index is 0.0126. The van der Waals surface area contributed by atoms with Crippen LogP contribution >= 0.6 is 22.9 Å². The van der Waals surface area contributed by atoms with Gasteiger partial charge in [-0.25, -0.2) is 4.98 Å². The molecule has 0 N–H and O–H groups in total. The smallest absolute Gasteiger partial charge is 0.335 e. The number of rotatable bonds is 2. The molecule has 3 nitrogen and oxygen atoms in total. The minimum atomic E-state index is -4.49. The van der Waals surface area contributed by atoms with Crippen molar-refractivity contribution in [1.29, 1.82) is 0 Å². The van der Waals surface area contributed by atoms with Crippen LogP contribution in [0.1, 0.15) is 30.0 Å². The summed E-state index contributed by atoms with van der Waals surface area (Å²) in [6.07, 6.45) is -2.82. The van der Waals surface area contributed by atoms with E-state index in [0.29, 0.717) is 14.9 Å². The molecule has 0 radical (unpaired) electrons. The summed E-state index contributed by atoms with van der Waals surface area (Å²) >= 11 is 7.01. The first-order chi connectivity index (χ1) is 10.4. The van der Waals surface area contributed by atoms with Gasteiger partial charge in [-0.1, -0.05) is 16.8 Å². The Hall–Kier alpha value is -1.60. The van der Waals surface area contributed by atoms with Crippen molar-refractivity contribution in [3.63, 3.8) is 0 Å². The second-order valence-electron chi connectivity index (χ2n) is 5.18. The van der Waals surface area contributed by atoms with Crippen LogP contribution in [0, 0.1) is 0 Å². The van der Waals surface area contributed by atoms with Crippen molar-refractivity contribution in [3.05, 3.63) is 33.8 Å². The van der Waals surface area contributed by atoms with Crippen molar-refractivity contribution in [2.24, 2.45) is 0 Å². The molecule has 0 atom stereocenters. The second-order valence-corrected chi connectivity index (χ2v) is 6.89. The van der Waals surface area contributed by atoms with Crippen LogP contribution in [-0.4, -0.2) is 10.1 Å². The summed E-state index contributed by atoms with van der Waals surface area (Å²) in [7, 11) is 0. The number of hydrogen-bond acceptors (Lipinski definition) is 4. The third-order valence-corrected chi connectivity index (χ3v) is 4.82. The van der Waals surface area contributed by atoms with Gasteiger partial charge in [-0.2, -0.15) is 13.2 Å². The van der Waals surface area contributed by atoms with Crippen molar-refractivity contribution >= 4 is 34.0 Å². The number of alkyl halides is 3. The van der Waals surface area contributed by atoms with E-state index in [9.17, 15) is 13.2 Å². The molecule has 0 bridgehead atoms. The summed E-state index contributed by atoms with van der Waals surface area (Å²) in [5.41, 5.74) is -0.266. The van der Waals surface area contributed by atoms with Gasteiger partial charge in [0.25, 0.3) is 5.71 Å². The van der Waals surface area contributed by atoms with Crippen LogP contribution in [0.3, 0.4) is 0 Å². The third kappa shape index (κ3) is 2.28. The average molecular weight is 345 g/mol. The van der Waals surface area contributed by atoms with Crippen molar-refractivity contribution in [2.45, 2.75) is 24.9 Å². The number of pyridine rings is 1. The van der Waals surface area contributed by atoms with Crippen LogP contribution in [0.4, 0.5) is 13.2 Å². The number of nitrogens with zero attached hydrogens (tertiary/aromatic N) is 2. The molecular formula is C14H8ClF3N2OS. The maximum Gasteiger partial charge on any atom is 0.417 e. The van der Waals surface area contributed by atoms with Gasteiger partial charge in [-0.3, -0.25) is 0 Å². The van der Waals surface area contributed by atoms with E-state index in [0.717, 1.165) is 18.9 Å². The highest BCUT2D eigenvalue weighted by atomic mass is 35.5. The summed E-state index contributed by atoms with van der Waals surface area (Å²) in [5, 5.41) is 3.80. The topological polar surface area (TPSA) is 38.9 Å². The van der Waals surface area contributed by atoms with Crippen molar-refractivity contribution < 1.29 is 17.7 Å². The number of halogens is 4. The predicted octanol–water partition coefficient (Wildman–Crippen LogP) is 5.50. The lowest BCUT2D eigenvalue weighted by Gasteiger charge is -2.09. The molecule has 0 amide bonds. The van der Waals surface area contributed by atoms with Gasteiger partial charge in [0.05, 0.1) is 31.6 Å². The van der Waals surface area contributed by atoms with Gasteiger partial charge >= 0.3 is 6.18 Å². The zero-order valence-electron chi connectivity index (χ0n) is 10.9. The monoisotopic (exact) mass is 344 g/mol. The molecule has 8 heteroatoms. The first kappa shape index (κ1) is 14.0. The minimum Gasteiger partial charge on any atom is -0.335 e. The van der Waals surface area contributed by atoms with Gasteiger partial charge in [0.15, 0.2) is 0 Å². The van der Waals surface area contributed by atoms with Crippen molar-refractivity contribution in [3.8, 4) is 10.6 Å². The Bertz CT molecular complexity index is 867. The Labute approximate surface area is 131 Å². The Morgan fingerprint density at radius 1 is 1.27 bits per heavy atom. The first-order valence-corrected chi connectivity index (χ1v) is 7.76. The van der Waals surface area contributed by atoms with E-state index < -0.39 is 11.7 Å². The Balaban J connectivity index is 1.98. The number of hydrogen-bond donors (Lipinski definition) is 0. The highest BCUT2D eigenvalue weighted by molar-refractivity contribution is 7.19. The lowest BCUT2D eigenvalue weighted by atomic mass is 10.1. The Morgan fingerprint density at radius 2 is 2.05 bits per heavy atom. The molecular weight excluding hydrogens is 337 g/mol. The molecule has 1 aliphatic rings. The highest BCUT2D eigenvalue weighted by Gasteiger charge is 2.39. The molecule has 1 fully saturated rings. The molecule has 1 aliphatic carbocycles. The number of thiophene rings is 1. The molecule has 0 aliphatic heterocycles. The van der Waals surface area contributed by atoms with Gasteiger partial charge in [0.1, 0.15) is 0 Å². The fourth-order valence-corrected chi connectivity index (χ4v) is 3.41. The molecule has 114 valence electrons. The van der Waals surface area contributed by atoms with Crippen molar-refractivity contribution in [1.82, 2.24) is 10.1 Å². The summed E-state index contributed by atoms with van der Waals surface area (Å²) in [4.78, 5) is 4.74. The molecule has 0 saturated heterocycles. The Morgan fingerprint density at radius 3 is 2.64 bits per heavy atom. The molecule has 3 heterocycles. The van der Waals surface area contributed by atoms with E-state index in [-0.39, 0.29) is 22.7 Å². The standard InChI is InChI=1S/C14H8ClF3N2OS/c15-10-4-3-9(22-10)8-5-7(14(16,17)18)11-12(6-1-2-6)20-21-13(11)19-8/h3-6H,1-2H2. The van der Waals surface area contributed by atoms with Crippen LogP contribution in [0.5, 0.6) is 0 Å². The molecule has 0 spiro atoms. The van der Waals surface area contributed by atoms with Crippen molar-refractivity contribution in [2.75, 3.05) is 0 Å². The van der Waals surface area contributed by atoms with Gasteiger partial charge in [0.2, 0.25) is 0 Å². The Kier molecular flexibility index (Phi) is 2.99. The van der Waals surface area contributed by atoms with E-state index in [2.05, 4.69) is 10.1 Å². The number of aromatic nitrogens is 2. The van der Waals surface area contributed by atoms with Crippen LogP contribution in [0.25, 0.3) is 21.7 Å². The predicted molar refractivity (Wildman–Crippen MR) is 77.1 cm³/mol. The van der Waals surface area contributed by atoms with E-state index >= 15 is 0 Å². The van der Waals surface area contributed by atoms with Crippen LogP contribution in [-0.2, 0) is 6.18 Å². The lowest BCUT2D eigenvalue weighted by Crippen LogP contribution is -2.07. The van der Waals surface area contributed by atoms with Crippen LogP contribution < -0.4 is 0 Å². The zero-order chi connectivity index (χ0) is 15.5. The normalized spacial score (nSPS) is 15.6. The summed E-state index contributed by atoms with van der Waals surface area (Å²) < 4.78 is 45.9. The van der Waals surface area contributed by atoms with E-state index in [1.165, 1.54) is 11.3 Å². The molecule has 1 saturated carbocycles. The molecule has 3 aromatic rings. The van der Waals surface area contributed by atoms with Gasteiger partial charge in [0, 0.05) is 5.92 Å². The highest BCUT2D eigenvalue weighted by Crippen LogP contribution is 2.46. The lowest BCUT2D eigenvalue weighted by molar-refractivity contribution is -0.136. The summed E-state index contributed by atoms with van der Waals surface area (Å²) in [6.45, 7) is 0. The molecule has 0 unspecified atom stereocenters. The number of fused-ring (bicyclic) bond motifs is 1. The molecule has 3 aromatic heterocycles. The van der Waals surface area contributed by atoms with Gasteiger partial charge in [-0.15, -0.1) is 11.3 Å². The second kappa shape index (κ2) is 4.70. The van der Waals surface area contributed by atoms with Gasteiger partial charge < -0.3 is 4.52 Å². The first-order valence-electron chi connectivity index (χ1n) is 6.56. The fourth-order valence-electron chi connectivity index (χ4n) is 2.41. The van der Waals surface area contributed by atoms with E-state index in [1.807, 2.05) is 0 Å². The molecule has 0 aromatic carbocycles. The summed E-state index contributed by atoms with van der Waals surface area (Å²) in [6, 6.07) is 4.31. The quantitative estimate of drug-likeness (QED) is 0.616. The zero-order valence-corrected chi connectivity index (χ0v) is 12.5.